The highest BCUT2D eigenvalue weighted by molar-refractivity contribution is 7.98. The summed E-state index contributed by atoms with van der Waals surface area (Å²) in [6.45, 7) is 0. The Hall–Kier alpha value is -1.88. The van der Waals surface area contributed by atoms with Gasteiger partial charge in [-0.2, -0.15) is 13.2 Å². The van der Waals surface area contributed by atoms with Gasteiger partial charge in [-0.3, -0.25) is 3.97 Å². The summed E-state index contributed by atoms with van der Waals surface area (Å²) >= 11 is 1.39. The molecule has 2 aromatic carbocycles. The molecule has 0 fully saturated rings. The van der Waals surface area contributed by atoms with Gasteiger partial charge in [0.15, 0.2) is 0 Å². The number of benzene rings is 2. The third kappa shape index (κ3) is 2.54. The molecule has 0 bridgehead atoms. The van der Waals surface area contributed by atoms with E-state index in [2.05, 4.69) is 0 Å². The molecule has 1 heterocycles. The van der Waals surface area contributed by atoms with Gasteiger partial charge in [0.2, 0.25) is 0 Å². The highest BCUT2D eigenvalue weighted by Crippen LogP contribution is 2.32. The molecule has 3 aromatic rings. The SMILES string of the molecule is FC(F)(F)c1ccc(Sn2ccc3ccccc32)cc1. The number of alkyl halides is 3. The van der Waals surface area contributed by atoms with Gasteiger partial charge in [-0.1, -0.05) is 18.2 Å². The zero-order valence-corrected chi connectivity index (χ0v) is 11.1. The molecule has 0 radical (unpaired) electrons. The van der Waals surface area contributed by atoms with Crippen molar-refractivity contribution in [3.05, 3.63) is 66.4 Å². The monoisotopic (exact) mass is 293 g/mol. The Labute approximate surface area is 118 Å². The van der Waals surface area contributed by atoms with Gasteiger partial charge in [0, 0.05) is 16.5 Å². The molecule has 0 aliphatic rings. The van der Waals surface area contributed by atoms with Crippen molar-refractivity contribution in [2.45, 2.75) is 11.1 Å². The van der Waals surface area contributed by atoms with Crippen LogP contribution < -0.4 is 0 Å². The van der Waals surface area contributed by atoms with Crippen molar-refractivity contribution in [2.75, 3.05) is 0 Å². The molecule has 3 rings (SSSR count). The first-order valence-electron chi connectivity index (χ1n) is 5.96. The van der Waals surface area contributed by atoms with Crippen LogP contribution >= 0.6 is 11.9 Å². The van der Waals surface area contributed by atoms with Crippen molar-refractivity contribution in [1.82, 2.24) is 3.97 Å². The van der Waals surface area contributed by atoms with Gasteiger partial charge in [-0.25, -0.2) is 0 Å². The Bertz CT molecular complexity index is 729. The van der Waals surface area contributed by atoms with Gasteiger partial charge in [-0.05, 0) is 48.3 Å². The fraction of sp³-hybridized carbons (Fsp3) is 0.0667. The quantitative estimate of drug-likeness (QED) is 0.627. The lowest BCUT2D eigenvalue weighted by molar-refractivity contribution is -0.137. The number of fused-ring (bicyclic) bond motifs is 1. The largest absolute Gasteiger partial charge is 0.416 e. The van der Waals surface area contributed by atoms with Crippen LogP contribution in [-0.4, -0.2) is 3.97 Å². The normalized spacial score (nSPS) is 11.9. The molecule has 1 aromatic heterocycles. The predicted octanol–water partition coefficient (Wildman–Crippen LogP) is 5.22. The third-order valence-corrected chi connectivity index (χ3v) is 3.95. The van der Waals surface area contributed by atoms with Crippen molar-refractivity contribution in [3.63, 3.8) is 0 Å². The first kappa shape index (κ1) is 13.1. The second-order valence-corrected chi connectivity index (χ2v) is 5.36. The lowest BCUT2D eigenvalue weighted by Gasteiger charge is -2.08. The number of hydrogen-bond donors (Lipinski definition) is 0. The van der Waals surface area contributed by atoms with Crippen LogP contribution in [0.25, 0.3) is 10.9 Å². The first-order chi connectivity index (χ1) is 9.54. The number of rotatable bonds is 2. The number of halogens is 3. The van der Waals surface area contributed by atoms with Crippen molar-refractivity contribution >= 4 is 22.9 Å². The minimum atomic E-state index is -4.29. The van der Waals surface area contributed by atoms with E-state index in [-0.39, 0.29) is 0 Å². The van der Waals surface area contributed by atoms with Crippen molar-refractivity contribution in [2.24, 2.45) is 0 Å². The summed E-state index contributed by atoms with van der Waals surface area (Å²) < 4.78 is 39.4. The van der Waals surface area contributed by atoms with Crippen molar-refractivity contribution in [1.29, 1.82) is 0 Å². The average Bonchev–Trinajstić information content (AvgIpc) is 2.82. The Morgan fingerprint density at radius 1 is 0.850 bits per heavy atom. The van der Waals surface area contributed by atoms with Crippen LogP contribution in [0.5, 0.6) is 0 Å². The molecule has 0 spiro atoms. The van der Waals surface area contributed by atoms with Crippen LogP contribution in [0.3, 0.4) is 0 Å². The molecule has 0 aliphatic carbocycles. The zero-order valence-electron chi connectivity index (χ0n) is 10.3. The second-order valence-electron chi connectivity index (χ2n) is 4.31. The fourth-order valence-electron chi connectivity index (χ4n) is 1.96. The molecule has 0 amide bonds. The molecule has 1 nitrogen and oxygen atoms in total. The van der Waals surface area contributed by atoms with Crippen molar-refractivity contribution in [3.8, 4) is 0 Å². The van der Waals surface area contributed by atoms with Gasteiger partial charge >= 0.3 is 6.18 Å². The molecule has 0 saturated heterocycles. The molecule has 20 heavy (non-hydrogen) atoms. The summed E-state index contributed by atoms with van der Waals surface area (Å²) in [5.41, 5.74) is 0.414. The highest BCUT2D eigenvalue weighted by atomic mass is 32.2. The Morgan fingerprint density at radius 3 is 2.25 bits per heavy atom. The molecule has 0 aliphatic heterocycles. The van der Waals surface area contributed by atoms with Crippen LogP contribution in [0.4, 0.5) is 13.2 Å². The molecular weight excluding hydrogens is 283 g/mol. The first-order valence-corrected chi connectivity index (χ1v) is 6.73. The lowest BCUT2D eigenvalue weighted by Crippen LogP contribution is -2.03. The summed E-state index contributed by atoms with van der Waals surface area (Å²) in [6, 6.07) is 15.0. The molecule has 0 N–H and O–H groups in total. The van der Waals surface area contributed by atoms with Gasteiger partial charge in [0.25, 0.3) is 0 Å². The number of hydrogen-bond acceptors (Lipinski definition) is 1. The minimum absolute atomic E-state index is 0.626. The fourth-order valence-corrected chi connectivity index (χ4v) is 2.83. The van der Waals surface area contributed by atoms with Crippen molar-refractivity contribution < 1.29 is 13.2 Å². The Balaban J connectivity index is 1.88. The standard InChI is InChI=1S/C15H10F3NS/c16-15(17,18)12-5-7-13(8-6-12)20-19-10-9-11-3-1-2-4-14(11)19/h1-10H. The molecule has 0 unspecified atom stereocenters. The maximum Gasteiger partial charge on any atom is 0.416 e. The number of aromatic nitrogens is 1. The minimum Gasteiger partial charge on any atom is -0.287 e. The van der Waals surface area contributed by atoms with Crippen LogP contribution in [0, 0.1) is 0 Å². The maximum atomic E-state index is 12.5. The number of para-hydroxylation sites is 1. The van der Waals surface area contributed by atoms with E-state index < -0.39 is 11.7 Å². The Kier molecular flexibility index (Phi) is 3.22. The van der Waals surface area contributed by atoms with E-state index in [1.54, 1.807) is 0 Å². The van der Waals surface area contributed by atoms with Gasteiger partial charge < -0.3 is 0 Å². The second kappa shape index (κ2) is 4.90. The molecule has 0 saturated carbocycles. The molecule has 5 heteroatoms. The number of nitrogens with zero attached hydrogens (tertiary/aromatic N) is 1. The summed E-state index contributed by atoms with van der Waals surface area (Å²) in [4.78, 5) is 0.763. The molecule has 0 atom stereocenters. The van der Waals surface area contributed by atoms with E-state index in [9.17, 15) is 13.2 Å². The van der Waals surface area contributed by atoms with Crippen LogP contribution in [0.2, 0.25) is 0 Å². The third-order valence-electron chi connectivity index (χ3n) is 2.95. The summed E-state index contributed by atoms with van der Waals surface area (Å²) in [5.74, 6) is 0. The smallest absolute Gasteiger partial charge is 0.287 e. The molecule has 102 valence electrons. The summed E-state index contributed by atoms with van der Waals surface area (Å²) in [7, 11) is 0. The van der Waals surface area contributed by atoms with E-state index in [0.29, 0.717) is 0 Å². The van der Waals surface area contributed by atoms with Crippen LogP contribution in [0.1, 0.15) is 5.56 Å². The van der Waals surface area contributed by atoms with E-state index in [1.165, 1.54) is 24.1 Å². The van der Waals surface area contributed by atoms with E-state index in [4.69, 9.17) is 0 Å². The van der Waals surface area contributed by atoms with Gasteiger partial charge in [0.05, 0.1) is 11.1 Å². The zero-order chi connectivity index (χ0) is 14.2. The van der Waals surface area contributed by atoms with E-state index in [0.717, 1.165) is 27.9 Å². The summed E-state index contributed by atoms with van der Waals surface area (Å²) in [5, 5.41) is 1.10. The Morgan fingerprint density at radius 2 is 1.55 bits per heavy atom. The predicted molar refractivity (Wildman–Crippen MR) is 74.6 cm³/mol. The average molecular weight is 293 g/mol. The lowest BCUT2D eigenvalue weighted by atomic mass is 10.2. The highest BCUT2D eigenvalue weighted by Gasteiger charge is 2.29. The van der Waals surface area contributed by atoms with Gasteiger partial charge in [0.1, 0.15) is 0 Å². The van der Waals surface area contributed by atoms with Gasteiger partial charge in [-0.15, -0.1) is 0 Å². The van der Waals surface area contributed by atoms with Crippen LogP contribution in [-0.2, 0) is 6.18 Å². The van der Waals surface area contributed by atoms with E-state index >= 15 is 0 Å². The summed E-state index contributed by atoms with van der Waals surface area (Å²) in [6.07, 6.45) is -2.38. The molecular formula is C15H10F3NS. The van der Waals surface area contributed by atoms with Crippen LogP contribution in [0.15, 0.2) is 65.7 Å². The topological polar surface area (TPSA) is 4.93 Å². The van der Waals surface area contributed by atoms with E-state index in [1.807, 2.05) is 40.5 Å². The maximum absolute atomic E-state index is 12.5.